The number of aliphatic carboxylic acids is 1. The Labute approximate surface area is 199 Å². The Bertz CT molecular complexity index is 1330. The molecule has 4 rings (SSSR count). The van der Waals surface area contributed by atoms with Crippen LogP contribution in [0.3, 0.4) is 0 Å². The Kier molecular flexibility index (Phi) is 6.89. The molecule has 0 saturated carbocycles. The predicted octanol–water partition coefficient (Wildman–Crippen LogP) is 6.38. The molecule has 1 aromatic heterocycles. The smallest absolute Gasteiger partial charge is 0.321 e. The second-order valence-electron chi connectivity index (χ2n) is 6.88. The zero-order valence-corrected chi connectivity index (χ0v) is 18.6. The Balaban J connectivity index is 1.53. The number of benzene rings is 3. The van der Waals surface area contributed by atoms with Crippen molar-refractivity contribution in [2.45, 2.75) is 10.4 Å². The van der Waals surface area contributed by atoms with Gasteiger partial charge in [0.15, 0.2) is 5.16 Å². The van der Waals surface area contributed by atoms with E-state index in [9.17, 15) is 9.90 Å². The van der Waals surface area contributed by atoms with Gasteiger partial charge in [0.2, 0.25) is 5.88 Å². The summed E-state index contributed by atoms with van der Waals surface area (Å²) < 4.78 is 5.83. The molecule has 4 aromatic rings. The van der Waals surface area contributed by atoms with E-state index in [-0.39, 0.29) is 16.2 Å². The van der Waals surface area contributed by atoms with Gasteiger partial charge in [-0.3, -0.25) is 4.79 Å². The van der Waals surface area contributed by atoms with E-state index in [0.29, 0.717) is 16.9 Å². The van der Waals surface area contributed by atoms with Crippen LogP contribution in [0.2, 0.25) is 5.15 Å². The molecule has 3 aromatic carbocycles. The third kappa shape index (κ3) is 5.69. The van der Waals surface area contributed by atoms with E-state index >= 15 is 0 Å². The Hall–Kier alpha value is -3.86. The van der Waals surface area contributed by atoms with E-state index in [1.807, 2.05) is 36.4 Å². The molecular formula is C25H16ClN3O3S. The zero-order chi connectivity index (χ0) is 23.2. The van der Waals surface area contributed by atoms with Gasteiger partial charge in [0.1, 0.15) is 16.2 Å². The van der Waals surface area contributed by atoms with Crippen molar-refractivity contribution < 1.29 is 14.6 Å². The van der Waals surface area contributed by atoms with E-state index in [2.05, 4.69) is 16.0 Å². The van der Waals surface area contributed by atoms with Crippen LogP contribution in [0.4, 0.5) is 0 Å². The number of thioether (sulfide) groups is 1. The summed E-state index contributed by atoms with van der Waals surface area (Å²) in [6.45, 7) is 0. The van der Waals surface area contributed by atoms with Crippen molar-refractivity contribution in [2.24, 2.45) is 0 Å². The van der Waals surface area contributed by atoms with Crippen LogP contribution in [0.5, 0.6) is 11.6 Å². The van der Waals surface area contributed by atoms with E-state index in [1.54, 1.807) is 42.5 Å². The summed E-state index contributed by atoms with van der Waals surface area (Å²) in [6, 6.07) is 27.1. The first-order chi connectivity index (χ1) is 16.0. The molecular weight excluding hydrogens is 458 g/mol. The fourth-order valence-corrected chi connectivity index (χ4v) is 4.20. The van der Waals surface area contributed by atoms with Gasteiger partial charge in [0.05, 0.1) is 11.6 Å². The Morgan fingerprint density at radius 3 is 2.42 bits per heavy atom. The summed E-state index contributed by atoms with van der Waals surface area (Å²) in [7, 11) is 0. The van der Waals surface area contributed by atoms with Crippen LogP contribution >= 0.6 is 23.4 Å². The molecule has 0 saturated heterocycles. The van der Waals surface area contributed by atoms with Crippen LogP contribution in [0.25, 0.3) is 11.1 Å². The van der Waals surface area contributed by atoms with Gasteiger partial charge >= 0.3 is 5.97 Å². The predicted molar refractivity (Wildman–Crippen MR) is 126 cm³/mol. The fourth-order valence-electron chi connectivity index (χ4n) is 3.08. The topological polar surface area (TPSA) is 96.1 Å². The van der Waals surface area contributed by atoms with Crippen molar-refractivity contribution in [1.29, 1.82) is 5.26 Å². The molecule has 0 bridgehead atoms. The van der Waals surface area contributed by atoms with Crippen LogP contribution in [0.15, 0.2) is 90.1 Å². The van der Waals surface area contributed by atoms with Crippen LogP contribution in [0, 0.1) is 11.3 Å². The first kappa shape index (κ1) is 22.3. The summed E-state index contributed by atoms with van der Waals surface area (Å²) in [5.41, 5.74) is 3.06. The van der Waals surface area contributed by atoms with Gasteiger partial charge < -0.3 is 9.84 Å². The number of hydrogen-bond donors (Lipinski definition) is 1. The molecule has 6 nitrogen and oxygen atoms in total. The zero-order valence-electron chi connectivity index (χ0n) is 17.1. The van der Waals surface area contributed by atoms with Gasteiger partial charge in [-0.25, -0.2) is 4.98 Å². The maximum atomic E-state index is 11.8. The molecule has 0 aliphatic rings. The molecule has 162 valence electrons. The maximum absolute atomic E-state index is 11.8. The summed E-state index contributed by atoms with van der Waals surface area (Å²) in [6.07, 6.45) is 0. The molecule has 0 amide bonds. The first-order valence-electron chi connectivity index (χ1n) is 9.79. The highest BCUT2D eigenvalue weighted by Gasteiger charge is 2.23. The average molecular weight is 474 g/mol. The summed E-state index contributed by atoms with van der Waals surface area (Å²) in [4.78, 5) is 20.3. The van der Waals surface area contributed by atoms with Crippen molar-refractivity contribution in [3.63, 3.8) is 0 Å². The average Bonchev–Trinajstić information content (AvgIpc) is 2.83. The van der Waals surface area contributed by atoms with Crippen LogP contribution in [-0.2, 0) is 4.79 Å². The van der Waals surface area contributed by atoms with Crippen molar-refractivity contribution in [3.8, 4) is 28.8 Å². The number of aromatic nitrogens is 2. The van der Waals surface area contributed by atoms with E-state index in [1.165, 1.54) is 6.07 Å². The molecule has 33 heavy (non-hydrogen) atoms. The lowest BCUT2D eigenvalue weighted by atomic mass is 10.0. The number of halogens is 1. The molecule has 8 heteroatoms. The SMILES string of the molecule is N#Cc1cccc(-c2ccc(Oc3cc(Cl)nc(SC(C(=O)O)c4ccccc4)n3)cc2)c1. The number of nitrogens with zero attached hydrogens (tertiary/aromatic N) is 3. The number of ether oxygens (including phenoxy) is 1. The van der Waals surface area contributed by atoms with E-state index in [0.717, 1.165) is 22.9 Å². The first-order valence-corrected chi connectivity index (χ1v) is 11.0. The number of rotatable bonds is 7. The van der Waals surface area contributed by atoms with E-state index < -0.39 is 11.2 Å². The molecule has 1 atom stereocenters. The minimum absolute atomic E-state index is 0.143. The van der Waals surface area contributed by atoms with E-state index in [4.69, 9.17) is 21.6 Å². The Morgan fingerprint density at radius 1 is 0.970 bits per heavy atom. The highest BCUT2D eigenvalue weighted by Crippen LogP contribution is 2.35. The van der Waals surface area contributed by atoms with Gasteiger partial charge in [-0.15, -0.1) is 0 Å². The number of carbonyl (C=O) groups is 1. The van der Waals surface area contributed by atoms with Gasteiger partial charge in [0, 0.05) is 6.07 Å². The van der Waals surface area contributed by atoms with Crippen LogP contribution in [-0.4, -0.2) is 21.0 Å². The number of carboxylic acids is 1. The Morgan fingerprint density at radius 2 is 1.73 bits per heavy atom. The number of nitriles is 1. The van der Waals surface area contributed by atoms with Gasteiger partial charge in [-0.2, -0.15) is 10.2 Å². The maximum Gasteiger partial charge on any atom is 0.321 e. The highest BCUT2D eigenvalue weighted by molar-refractivity contribution is 8.00. The summed E-state index contributed by atoms with van der Waals surface area (Å²) in [5.74, 6) is -0.277. The van der Waals surface area contributed by atoms with Crippen molar-refractivity contribution >= 4 is 29.3 Å². The molecule has 0 radical (unpaired) electrons. The minimum atomic E-state index is -1.01. The molecule has 0 fully saturated rings. The molecule has 1 unspecified atom stereocenters. The molecule has 0 aliphatic heterocycles. The van der Waals surface area contributed by atoms with Gasteiger partial charge in [-0.1, -0.05) is 78.0 Å². The van der Waals surface area contributed by atoms with Crippen molar-refractivity contribution in [3.05, 3.63) is 101 Å². The summed E-state index contributed by atoms with van der Waals surface area (Å²) >= 11 is 7.12. The second kappa shape index (κ2) is 10.2. The standard InChI is InChI=1S/C25H16ClN3O3S/c26-21-14-22(29-25(28-21)33-23(24(30)31)18-6-2-1-3-7-18)32-20-11-9-17(10-12-20)19-8-4-5-16(13-19)15-27/h1-14,23H,(H,30,31). The molecule has 1 heterocycles. The monoisotopic (exact) mass is 473 g/mol. The highest BCUT2D eigenvalue weighted by atomic mass is 35.5. The van der Waals surface area contributed by atoms with Gasteiger partial charge in [-0.05, 0) is 41.0 Å². The largest absolute Gasteiger partial charge is 0.480 e. The third-order valence-corrected chi connectivity index (χ3v) is 5.90. The lowest BCUT2D eigenvalue weighted by Crippen LogP contribution is -2.08. The third-order valence-electron chi connectivity index (χ3n) is 4.60. The quantitative estimate of drug-likeness (QED) is 0.189. The molecule has 1 N–H and O–H groups in total. The minimum Gasteiger partial charge on any atom is -0.480 e. The summed E-state index contributed by atoms with van der Waals surface area (Å²) in [5, 5.41) is 18.2. The fraction of sp³-hybridized carbons (Fsp3) is 0.0400. The van der Waals surface area contributed by atoms with Crippen molar-refractivity contribution in [2.75, 3.05) is 0 Å². The lowest BCUT2D eigenvalue weighted by Gasteiger charge is -2.12. The van der Waals surface area contributed by atoms with Crippen LogP contribution < -0.4 is 4.74 Å². The number of carboxylic acid groups (broad SMARTS) is 1. The normalized spacial score (nSPS) is 11.4. The second-order valence-corrected chi connectivity index (χ2v) is 8.34. The molecule has 0 spiro atoms. The van der Waals surface area contributed by atoms with Crippen molar-refractivity contribution in [1.82, 2.24) is 9.97 Å². The number of hydrogen-bond acceptors (Lipinski definition) is 6. The van der Waals surface area contributed by atoms with Crippen LogP contribution in [0.1, 0.15) is 16.4 Å². The lowest BCUT2D eigenvalue weighted by molar-refractivity contribution is -0.136. The molecule has 0 aliphatic carbocycles. The van der Waals surface area contributed by atoms with Gasteiger partial charge in [0.25, 0.3) is 0 Å².